The van der Waals surface area contributed by atoms with Crippen molar-refractivity contribution in [2.75, 3.05) is 0 Å². The highest BCUT2D eigenvalue weighted by Crippen LogP contribution is 2.19. The summed E-state index contributed by atoms with van der Waals surface area (Å²) in [6.07, 6.45) is 6.12. The normalized spacial score (nSPS) is 17.8. The first-order valence-corrected chi connectivity index (χ1v) is 6.92. The molecule has 0 aliphatic heterocycles. The molecule has 0 aromatic carbocycles. The zero-order valence-corrected chi connectivity index (χ0v) is 11.1. The third kappa shape index (κ3) is 4.02. The van der Waals surface area contributed by atoms with Crippen LogP contribution in [0.25, 0.3) is 0 Å². The summed E-state index contributed by atoms with van der Waals surface area (Å²) in [5, 5.41) is 16.1. The molecule has 0 unspecified atom stereocenters. The van der Waals surface area contributed by atoms with E-state index in [1.54, 1.807) is 6.20 Å². The van der Waals surface area contributed by atoms with Crippen molar-refractivity contribution in [2.24, 2.45) is 0 Å². The van der Waals surface area contributed by atoms with Crippen molar-refractivity contribution in [2.45, 2.75) is 50.9 Å². The predicted molar refractivity (Wildman–Crippen MR) is 69.6 cm³/mol. The molecule has 1 aromatic heterocycles. The number of nitrogens with one attached hydrogen (secondary N) is 3. The van der Waals surface area contributed by atoms with Crippen LogP contribution in [0, 0.1) is 0 Å². The van der Waals surface area contributed by atoms with E-state index in [1.165, 1.54) is 17.5 Å². The summed E-state index contributed by atoms with van der Waals surface area (Å²) in [6, 6.07) is 0.400. The minimum atomic E-state index is -0.437. The molecule has 0 bridgehead atoms. The summed E-state index contributed by atoms with van der Waals surface area (Å²) in [4.78, 5) is 23.0. The minimum absolute atomic E-state index is 0.00544. The maximum absolute atomic E-state index is 11.6. The van der Waals surface area contributed by atoms with Gasteiger partial charge in [-0.2, -0.15) is 0 Å². The van der Waals surface area contributed by atoms with Crippen LogP contribution in [-0.4, -0.2) is 39.0 Å². The smallest absolute Gasteiger partial charge is 0.321 e. The molecule has 1 heterocycles. The van der Waals surface area contributed by atoms with Crippen LogP contribution in [0.4, 0.5) is 4.79 Å². The average molecular weight is 278 g/mol. The van der Waals surface area contributed by atoms with Crippen molar-refractivity contribution in [3.63, 3.8) is 0 Å². The molecule has 0 spiro atoms. The molecule has 3 amide bonds. The zero-order valence-electron chi connectivity index (χ0n) is 11.1. The largest absolute Gasteiger partial charge is 0.335 e. The first kappa shape index (κ1) is 13.0. The van der Waals surface area contributed by atoms with Gasteiger partial charge in [0.05, 0.1) is 11.9 Å². The van der Waals surface area contributed by atoms with Gasteiger partial charge < -0.3 is 10.6 Å². The van der Waals surface area contributed by atoms with Crippen LogP contribution in [0.5, 0.6) is 0 Å². The van der Waals surface area contributed by atoms with Gasteiger partial charge in [-0.05, 0) is 25.7 Å². The van der Waals surface area contributed by atoms with Gasteiger partial charge in [0.25, 0.3) is 0 Å². The van der Waals surface area contributed by atoms with Gasteiger partial charge in [0.2, 0.25) is 5.91 Å². The van der Waals surface area contributed by atoms with E-state index in [1.807, 2.05) is 0 Å². The summed E-state index contributed by atoms with van der Waals surface area (Å²) < 4.78 is 1.43. The first-order chi connectivity index (χ1) is 9.69. The molecule has 8 nitrogen and oxygen atoms in total. The van der Waals surface area contributed by atoms with Crippen molar-refractivity contribution in [1.82, 2.24) is 30.9 Å². The molecule has 3 rings (SSSR count). The van der Waals surface area contributed by atoms with Crippen molar-refractivity contribution in [3.05, 3.63) is 11.9 Å². The molecule has 2 aliphatic carbocycles. The molecule has 8 heteroatoms. The van der Waals surface area contributed by atoms with Gasteiger partial charge in [0.15, 0.2) is 0 Å². The van der Waals surface area contributed by atoms with E-state index in [-0.39, 0.29) is 12.6 Å². The summed E-state index contributed by atoms with van der Waals surface area (Å²) in [5.41, 5.74) is 0.798. The van der Waals surface area contributed by atoms with Gasteiger partial charge in [-0.25, -0.2) is 9.48 Å². The molecule has 20 heavy (non-hydrogen) atoms. The number of nitrogens with zero attached hydrogens (tertiary/aromatic N) is 3. The fraction of sp³-hybridized carbons (Fsp3) is 0.667. The molecular formula is C12H18N6O2. The Morgan fingerprint density at radius 3 is 2.70 bits per heavy atom. The monoisotopic (exact) mass is 278 g/mol. The number of amides is 3. The summed E-state index contributed by atoms with van der Waals surface area (Å²) in [6.45, 7) is 0.656. The Hall–Kier alpha value is -1.96. The average Bonchev–Trinajstić information content (AvgIpc) is 3.30. The van der Waals surface area contributed by atoms with Crippen molar-refractivity contribution < 1.29 is 9.59 Å². The zero-order chi connectivity index (χ0) is 13.9. The standard InChI is InChI=1S/C12H18N6O2/c19-11(15-12(20)14-9-3-4-9)7-18-6-10(16-17-18)5-13-8-1-2-8/h6,8-9,13H,1-5,7H2,(H2,14,15,19,20). The maximum atomic E-state index is 11.6. The van der Waals surface area contributed by atoms with Crippen molar-refractivity contribution in [3.8, 4) is 0 Å². The van der Waals surface area contributed by atoms with E-state index in [0.29, 0.717) is 12.6 Å². The fourth-order valence-corrected chi connectivity index (χ4v) is 1.80. The van der Waals surface area contributed by atoms with E-state index < -0.39 is 11.9 Å². The van der Waals surface area contributed by atoms with E-state index in [2.05, 4.69) is 26.3 Å². The van der Waals surface area contributed by atoms with Gasteiger partial charge >= 0.3 is 6.03 Å². The first-order valence-electron chi connectivity index (χ1n) is 6.92. The van der Waals surface area contributed by atoms with Crippen LogP contribution in [0.15, 0.2) is 6.20 Å². The van der Waals surface area contributed by atoms with Gasteiger partial charge in [-0.3, -0.25) is 10.1 Å². The second-order valence-electron chi connectivity index (χ2n) is 5.36. The predicted octanol–water partition coefficient (Wildman–Crippen LogP) is -0.482. The van der Waals surface area contributed by atoms with Crippen LogP contribution in [0.3, 0.4) is 0 Å². The van der Waals surface area contributed by atoms with Crippen molar-refractivity contribution in [1.29, 1.82) is 0 Å². The molecule has 3 N–H and O–H groups in total. The van der Waals surface area contributed by atoms with Gasteiger partial charge in [-0.15, -0.1) is 5.10 Å². The lowest BCUT2D eigenvalue weighted by Crippen LogP contribution is -2.41. The third-order valence-electron chi connectivity index (χ3n) is 3.21. The van der Waals surface area contributed by atoms with E-state index in [4.69, 9.17) is 0 Å². The lowest BCUT2D eigenvalue weighted by Gasteiger charge is -2.04. The van der Waals surface area contributed by atoms with Crippen LogP contribution in [-0.2, 0) is 17.9 Å². The number of aromatic nitrogens is 3. The number of hydrogen-bond acceptors (Lipinski definition) is 5. The highest BCUT2D eigenvalue weighted by molar-refractivity contribution is 5.94. The number of carbonyl (C=O) groups excluding carboxylic acids is 2. The quantitative estimate of drug-likeness (QED) is 0.652. The van der Waals surface area contributed by atoms with E-state index in [9.17, 15) is 9.59 Å². The lowest BCUT2D eigenvalue weighted by molar-refractivity contribution is -0.120. The van der Waals surface area contributed by atoms with Crippen LogP contribution >= 0.6 is 0 Å². The second-order valence-corrected chi connectivity index (χ2v) is 5.36. The van der Waals surface area contributed by atoms with E-state index >= 15 is 0 Å². The molecule has 2 aliphatic rings. The fourth-order valence-electron chi connectivity index (χ4n) is 1.80. The molecule has 0 atom stereocenters. The summed E-state index contributed by atoms with van der Waals surface area (Å²) >= 11 is 0. The summed E-state index contributed by atoms with van der Waals surface area (Å²) in [5.74, 6) is -0.394. The Balaban J connectivity index is 1.41. The van der Waals surface area contributed by atoms with Gasteiger partial charge in [-0.1, -0.05) is 5.21 Å². The number of rotatable bonds is 6. The minimum Gasteiger partial charge on any atom is -0.335 e. The molecule has 1 aromatic rings. The highest BCUT2D eigenvalue weighted by atomic mass is 16.2. The Morgan fingerprint density at radius 2 is 2.00 bits per heavy atom. The number of urea groups is 1. The highest BCUT2D eigenvalue weighted by Gasteiger charge is 2.24. The second kappa shape index (κ2) is 5.58. The Bertz CT molecular complexity index is 506. The van der Waals surface area contributed by atoms with Gasteiger partial charge in [0.1, 0.15) is 6.54 Å². The Morgan fingerprint density at radius 1 is 1.25 bits per heavy atom. The molecule has 108 valence electrons. The Kier molecular flexibility index (Phi) is 3.64. The maximum Gasteiger partial charge on any atom is 0.321 e. The SMILES string of the molecule is O=C(Cn1cc(CNC2CC2)nn1)NC(=O)NC1CC1. The van der Waals surface area contributed by atoms with Gasteiger partial charge in [0, 0.05) is 18.6 Å². The molecule has 2 fully saturated rings. The van der Waals surface area contributed by atoms with E-state index in [0.717, 1.165) is 18.5 Å². The van der Waals surface area contributed by atoms with Crippen LogP contribution < -0.4 is 16.0 Å². The number of imide groups is 1. The molecular weight excluding hydrogens is 260 g/mol. The third-order valence-corrected chi connectivity index (χ3v) is 3.21. The lowest BCUT2D eigenvalue weighted by atomic mass is 10.4. The number of hydrogen-bond donors (Lipinski definition) is 3. The molecule has 0 saturated heterocycles. The van der Waals surface area contributed by atoms with Crippen LogP contribution in [0.2, 0.25) is 0 Å². The topological polar surface area (TPSA) is 101 Å². The molecule has 2 saturated carbocycles. The number of carbonyl (C=O) groups is 2. The van der Waals surface area contributed by atoms with Crippen molar-refractivity contribution >= 4 is 11.9 Å². The summed E-state index contributed by atoms with van der Waals surface area (Å²) in [7, 11) is 0. The Labute approximate surface area is 116 Å². The van der Waals surface area contributed by atoms with Crippen LogP contribution in [0.1, 0.15) is 31.4 Å². The molecule has 0 radical (unpaired) electrons.